The number of nitrogens with one attached hydrogen (secondary N) is 1. The van der Waals surface area contributed by atoms with Crippen molar-refractivity contribution in [3.63, 3.8) is 0 Å². The molecule has 3 nitrogen and oxygen atoms in total. The van der Waals surface area contributed by atoms with Crippen LogP contribution in [-0.2, 0) is 12.8 Å². The van der Waals surface area contributed by atoms with Crippen molar-refractivity contribution in [3.05, 3.63) is 51.2 Å². The molecule has 3 N–H and O–H groups in total. The van der Waals surface area contributed by atoms with Gasteiger partial charge in [0, 0.05) is 22.4 Å². The monoisotopic (exact) mass is 303 g/mol. The normalized spacial score (nSPS) is 12.9. The van der Waals surface area contributed by atoms with Crippen molar-refractivity contribution in [2.45, 2.75) is 25.8 Å². The molecule has 0 radical (unpaired) electrons. The number of nitrogens with zero attached hydrogens (tertiary/aromatic N) is 1. The molecule has 0 spiro atoms. The molecule has 0 saturated heterocycles. The maximum Gasteiger partial charge on any atom is 0.0809 e. The smallest absolute Gasteiger partial charge is 0.0809 e. The number of pyridine rings is 1. The van der Waals surface area contributed by atoms with Gasteiger partial charge in [-0.2, -0.15) is 0 Å². The molecular formula is C15H17N3S2. The minimum absolute atomic E-state index is 0.109. The van der Waals surface area contributed by atoms with Gasteiger partial charge in [-0.25, -0.2) is 0 Å². The molecule has 1 atom stereocenters. The standard InChI is InChI=1S/C15H17N3S2/c1-2-11-3-4-12(20-11)8-14(18-16)10-7-15-13(17-9-10)5-6-19-15/h3-7,9,14,18H,2,8,16H2,1H3. The fraction of sp³-hybridized carbons (Fsp3) is 0.267. The molecule has 0 saturated carbocycles. The Labute approximate surface area is 126 Å². The second kappa shape index (κ2) is 6.01. The minimum atomic E-state index is 0.109. The number of hydrogen-bond acceptors (Lipinski definition) is 5. The lowest BCUT2D eigenvalue weighted by atomic mass is 10.1. The summed E-state index contributed by atoms with van der Waals surface area (Å²) in [5, 5.41) is 2.07. The summed E-state index contributed by atoms with van der Waals surface area (Å²) in [6.45, 7) is 2.18. The Kier molecular flexibility index (Phi) is 4.12. The molecule has 20 heavy (non-hydrogen) atoms. The van der Waals surface area contributed by atoms with E-state index < -0.39 is 0 Å². The van der Waals surface area contributed by atoms with Crippen LogP contribution in [0.5, 0.6) is 0 Å². The Bertz CT molecular complexity index is 702. The Morgan fingerprint density at radius 1 is 1.30 bits per heavy atom. The third-order valence-corrected chi connectivity index (χ3v) is 5.50. The summed E-state index contributed by atoms with van der Waals surface area (Å²) < 4.78 is 1.21. The highest BCUT2D eigenvalue weighted by Crippen LogP contribution is 2.26. The highest BCUT2D eigenvalue weighted by Gasteiger charge is 2.13. The first-order chi connectivity index (χ1) is 9.80. The van der Waals surface area contributed by atoms with E-state index in [1.54, 1.807) is 11.3 Å². The Morgan fingerprint density at radius 2 is 2.15 bits per heavy atom. The van der Waals surface area contributed by atoms with Gasteiger partial charge in [-0.05, 0) is 41.6 Å². The highest BCUT2D eigenvalue weighted by molar-refractivity contribution is 7.17. The summed E-state index contributed by atoms with van der Waals surface area (Å²) in [5.41, 5.74) is 5.12. The van der Waals surface area contributed by atoms with E-state index in [0.717, 1.165) is 23.9 Å². The molecule has 1 unspecified atom stereocenters. The maximum atomic E-state index is 5.74. The Morgan fingerprint density at radius 3 is 2.90 bits per heavy atom. The van der Waals surface area contributed by atoms with Crippen LogP contribution in [0.25, 0.3) is 10.2 Å². The summed E-state index contributed by atoms with van der Waals surface area (Å²) in [4.78, 5) is 7.27. The molecule has 0 bridgehead atoms. The molecule has 5 heteroatoms. The van der Waals surface area contributed by atoms with E-state index in [-0.39, 0.29) is 6.04 Å². The van der Waals surface area contributed by atoms with Crippen LogP contribution in [0.1, 0.15) is 28.3 Å². The van der Waals surface area contributed by atoms with E-state index in [0.29, 0.717) is 0 Å². The van der Waals surface area contributed by atoms with E-state index in [4.69, 9.17) is 5.84 Å². The van der Waals surface area contributed by atoms with Gasteiger partial charge in [-0.3, -0.25) is 16.3 Å². The van der Waals surface area contributed by atoms with Crippen LogP contribution in [0.2, 0.25) is 0 Å². The molecule has 3 aromatic heterocycles. The second-order valence-electron chi connectivity index (χ2n) is 4.72. The van der Waals surface area contributed by atoms with Gasteiger partial charge in [0.25, 0.3) is 0 Å². The predicted molar refractivity (Wildman–Crippen MR) is 87.1 cm³/mol. The van der Waals surface area contributed by atoms with Crippen molar-refractivity contribution in [1.29, 1.82) is 0 Å². The third-order valence-electron chi connectivity index (χ3n) is 3.40. The molecule has 0 fully saturated rings. The zero-order valence-corrected chi connectivity index (χ0v) is 12.9. The van der Waals surface area contributed by atoms with Gasteiger partial charge >= 0.3 is 0 Å². The fourth-order valence-electron chi connectivity index (χ4n) is 2.25. The molecule has 3 rings (SSSR count). The number of hydrazine groups is 1. The van der Waals surface area contributed by atoms with E-state index in [9.17, 15) is 0 Å². The van der Waals surface area contributed by atoms with E-state index >= 15 is 0 Å². The summed E-state index contributed by atoms with van der Waals surface area (Å²) in [5.74, 6) is 5.74. The van der Waals surface area contributed by atoms with Crippen LogP contribution < -0.4 is 11.3 Å². The van der Waals surface area contributed by atoms with Crippen molar-refractivity contribution in [1.82, 2.24) is 10.4 Å². The number of aromatic nitrogens is 1. The Balaban J connectivity index is 1.84. The van der Waals surface area contributed by atoms with Crippen LogP contribution in [0.4, 0.5) is 0 Å². The van der Waals surface area contributed by atoms with Crippen LogP contribution >= 0.6 is 22.7 Å². The predicted octanol–water partition coefficient (Wildman–Crippen LogP) is 3.67. The zero-order chi connectivity index (χ0) is 13.9. The molecule has 0 aromatic carbocycles. The number of rotatable bonds is 5. The zero-order valence-electron chi connectivity index (χ0n) is 11.3. The quantitative estimate of drug-likeness (QED) is 0.558. The lowest BCUT2D eigenvalue weighted by molar-refractivity contribution is 0.555. The molecule has 104 valence electrons. The third kappa shape index (κ3) is 2.76. The van der Waals surface area contributed by atoms with E-state index in [1.807, 2.05) is 23.6 Å². The average molecular weight is 303 g/mol. The van der Waals surface area contributed by atoms with E-state index in [2.05, 4.69) is 40.9 Å². The largest absolute Gasteiger partial charge is 0.271 e. The first-order valence-electron chi connectivity index (χ1n) is 6.67. The lowest BCUT2D eigenvalue weighted by Gasteiger charge is -2.15. The van der Waals surface area contributed by atoms with Crippen molar-refractivity contribution in [2.24, 2.45) is 5.84 Å². The fourth-order valence-corrected chi connectivity index (χ4v) is 4.04. The van der Waals surface area contributed by atoms with Crippen LogP contribution in [0.3, 0.4) is 0 Å². The van der Waals surface area contributed by atoms with Gasteiger partial charge in [0.1, 0.15) is 0 Å². The Hall–Kier alpha value is -1.27. The number of nitrogens with two attached hydrogens (primary N) is 1. The summed E-state index contributed by atoms with van der Waals surface area (Å²) in [6.07, 6.45) is 3.92. The van der Waals surface area contributed by atoms with Gasteiger partial charge in [0.15, 0.2) is 0 Å². The first-order valence-corrected chi connectivity index (χ1v) is 8.36. The van der Waals surface area contributed by atoms with Gasteiger partial charge < -0.3 is 0 Å². The average Bonchev–Trinajstić information content (AvgIpc) is 3.12. The number of fused-ring (bicyclic) bond motifs is 1. The molecular weight excluding hydrogens is 286 g/mol. The van der Waals surface area contributed by atoms with Crippen molar-refractivity contribution >= 4 is 32.9 Å². The SMILES string of the molecule is CCc1ccc(CC(NN)c2cnc3ccsc3c2)s1. The lowest BCUT2D eigenvalue weighted by Crippen LogP contribution is -2.29. The van der Waals surface area contributed by atoms with Crippen molar-refractivity contribution in [2.75, 3.05) is 0 Å². The second-order valence-corrected chi connectivity index (χ2v) is 6.92. The molecule has 0 aliphatic heterocycles. The molecule has 0 aliphatic carbocycles. The van der Waals surface area contributed by atoms with Gasteiger partial charge in [-0.1, -0.05) is 6.92 Å². The highest BCUT2D eigenvalue weighted by atomic mass is 32.1. The summed E-state index contributed by atoms with van der Waals surface area (Å²) in [6, 6.07) is 8.74. The van der Waals surface area contributed by atoms with Crippen molar-refractivity contribution in [3.8, 4) is 0 Å². The molecule has 3 heterocycles. The topological polar surface area (TPSA) is 50.9 Å². The molecule has 3 aromatic rings. The van der Waals surface area contributed by atoms with Crippen molar-refractivity contribution < 1.29 is 0 Å². The molecule has 0 aliphatic rings. The number of hydrogen-bond donors (Lipinski definition) is 2. The summed E-state index contributed by atoms with van der Waals surface area (Å²) in [7, 11) is 0. The number of thiophene rings is 2. The number of aryl methyl sites for hydroxylation is 1. The maximum absolute atomic E-state index is 5.74. The van der Waals surface area contributed by atoms with Crippen LogP contribution in [0.15, 0.2) is 35.8 Å². The van der Waals surface area contributed by atoms with Crippen LogP contribution in [-0.4, -0.2) is 4.98 Å². The first kappa shape index (κ1) is 13.7. The van der Waals surface area contributed by atoms with Gasteiger partial charge in [0.05, 0.1) is 16.3 Å². The van der Waals surface area contributed by atoms with Crippen LogP contribution in [0, 0.1) is 0 Å². The molecule has 0 amide bonds. The van der Waals surface area contributed by atoms with Gasteiger partial charge in [0.2, 0.25) is 0 Å². The minimum Gasteiger partial charge on any atom is -0.271 e. The van der Waals surface area contributed by atoms with Gasteiger partial charge in [-0.15, -0.1) is 22.7 Å². The summed E-state index contributed by atoms with van der Waals surface area (Å²) >= 11 is 3.58. The van der Waals surface area contributed by atoms with E-state index in [1.165, 1.54) is 14.5 Å².